The largest absolute Gasteiger partial charge is 0.314 e. The summed E-state index contributed by atoms with van der Waals surface area (Å²) in [6.07, 6.45) is 5.62. The summed E-state index contributed by atoms with van der Waals surface area (Å²) >= 11 is 1.47. The topological polar surface area (TPSA) is 101 Å². The summed E-state index contributed by atoms with van der Waals surface area (Å²) in [6.45, 7) is 3.86. The van der Waals surface area contributed by atoms with Gasteiger partial charge in [-0.3, -0.25) is 9.67 Å². The Morgan fingerprint density at radius 3 is 2.82 bits per heavy atom. The number of fused-ring (bicyclic) bond motifs is 3. The van der Waals surface area contributed by atoms with Crippen molar-refractivity contribution in [2.24, 2.45) is 0 Å². The minimum Gasteiger partial charge on any atom is -0.314 e. The van der Waals surface area contributed by atoms with E-state index in [1.807, 2.05) is 28.7 Å². The fourth-order valence-corrected chi connectivity index (χ4v) is 4.94. The molecule has 34 heavy (non-hydrogen) atoms. The number of H-pyrrole nitrogens is 1. The summed E-state index contributed by atoms with van der Waals surface area (Å²) in [6, 6.07) is 3.52. The van der Waals surface area contributed by atoms with Crippen LogP contribution in [0.2, 0.25) is 0 Å². The maximum atomic E-state index is 14.3. The molecular formula is C22H17F2N9S. The Kier molecular flexibility index (Phi) is 4.69. The van der Waals surface area contributed by atoms with E-state index < -0.39 is 11.6 Å². The van der Waals surface area contributed by atoms with Crippen molar-refractivity contribution in [1.82, 2.24) is 39.9 Å². The first kappa shape index (κ1) is 20.5. The molecule has 1 aromatic carbocycles. The van der Waals surface area contributed by atoms with Gasteiger partial charge in [-0.1, -0.05) is 6.92 Å². The number of nitrogens with one attached hydrogen (secondary N) is 1. The Hall–Kier alpha value is -4.06. The first-order chi connectivity index (χ1) is 16.6. The van der Waals surface area contributed by atoms with Crippen molar-refractivity contribution in [3.8, 4) is 27.8 Å². The first-order valence-corrected chi connectivity index (χ1v) is 11.4. The van der Waals surface area contributed by atoms with Gasteiger partial charge in [0.1, 0.15) is 22.7 Å². The number of anilines is 2. The summed E-state index contributed by atoms with van der Waals surface area (Å²) in [5, 5.41) is 18.2. The highest BCUT2D eigenvalue weighted by Gasteiger charge is 2.36. The van der Waals surface area contributed by atoms with Crippen LogP contribution < -0.4 is 4.90 Å². The van der Waals surface area contributed by atoms with Gasteiger partial charge in [-0.05, 0) is 25.5 Å². The third-order valence-corrected chi connectivity index (χ3v) is 6.58. The Balaban J connectivity index is 1.61. The molecule has 1 aliphatic heterocycles. The van der Waals surface area contributed by atoms with Gasteiger partial charge >= 0.3 is 0 Å². The van der Waals surface area contributed by atoms with E-state index in [1.165, 1.54) is 23.5 Å². The third-order valence-electron chi connectivity index (χ3n) is 5.79. The molecule has 0 spiro atoms. The van der Waals surface area contributed by atoms with Gasteiger partial charge in [0.25, 0.3) is 0 Å². The normalized spacial score (nSPS) is 14.8. The number of hydrogen-bond acceptors (Lipinski definition) is 8. The maximum absolute atomic E-state index is 14.3. The van der Waals surface area contributed by atoms with E-state index in [0.29, 0.717) is 52.2 Å². The van der Waals surface area contributed by atoms with Crippen molar-refractivity contribution in [2.75, 3.05) is 4.90 Å². The van der Waals surface area contributed by atoms with E-state index in [9.17, 15) is 8.78 Å². The highest BCUT2D eigenvalue weighted by molar-refractivity contribution is 7.13. The van der Waals surface area contributed by atoms with Crippen LogP contribution in [0.5, 0.6) is 0 Å². The van der Waals surface area contributed by atoms with Gasteiger partial charge in [0, 0.05) is 23.3 Å². The molecule has 1 aliphatic rings. The van der Waals surface area contributed by atoms with E-state index in [-0.39, 0.29) is 6.04 Å². The van der Waals surface area contributed by atoms with Crippen molar-refractivity contribution < 1.29 is 8.78 Å². The number of thiazole rings is 1. The lowest BCUT2D eigenvalue weighted by Crippen LogP contribution is -2.33. The van der Waals surface area contributed by atoms with E-state index in [1.54, 1.807) is 18.7 Å². The zero-order valence-corrected chi connectivity index (χ0v) is 18.9. The lowest BCUT2D eigenvalue weighted by molar-refractivity contribution is 0.507. The fraction of sp³-hybridized carbons (Fsp3) is 0.182. The van der Waals surface area contributed by atoms with Crippen LogP contribution in [-0.4, -0.2) is 39.9 Å². The number of aromatic nitrogens is 8. The van der Waals surface area contributed by atoms with Gasteiger partial charge in [-0.25, -0.2) is 23.7 Å². The number of rotatable bonds is 4. The molecule has 4 aromatic heterocycles. The average molecular weight is 478 g/mol. The molecule has 0 amide bonds. The molecule has 9 nitrogen and oxygen atoms in total. The molecule has 0 aliphatic carbocycles. The van der Waals surface area contributed by atoms with Crippen molar-refractivity contribution in [1.29, 1.82) is 0 Å². The summed E-state index contributed by atoms with van der Waals surface area (Å²) in [5.74, 6) is -0.199. The quantitative estimate of drug-likeness (QED) is 0.398. The van der Waals surface area contributed by atoms with Crippen molar-refractivity contribution >= 4 is 22.8 Å². The lowest BCUT2D eigenvalue weighted by atomic mass is 10.1. The van der Waals surface area contributed by atoms with Crippen molar-refractivity contribution in [2.45, 2.75) is 26.3 Å². The number of aromatic amines is 1. The fourth-order valence-electron chi connectivity index (χ4n) is 4.30. The smallest absolute Gasteiger partial charge is 0.165 e. The predicted molar refractivity (Wildman–Crippen MR) is 122 cm³/mol. The SMILES string of the molecule is CC[C@H]1c2nncn2-c2c(C)nc(-c3cn[nH]c3-c3nccs3)nc2N1c1ccc(F)c(F)c1. The molecule has 0 saturated heterocycles. The van der Waals surface area contributed by atoms with Crippen LogP contribution >= 0.6 is 11.3 Å². The second kappa shape index (κ2) is 7.76. The molecule has 0 fully saturated rings. The van der Waals surface area contributed by atoms with Crippen LogP contribution in [0, 0.1) is 18.6 Å². The number of halogens is 2. The third kappa shape index (κ3) is 3.02. The molecule has 12 heteroatoms. The van der Waals surface area contributed by atoms with Crippen LogP contribution in [0.15, 0.2) is 42.3 Å². The molecule has 1 atom stereocenters. The molecule has 170 valence electrons. The molecule has 1 N–H and O–H groups in total. The summed E-state index contributed by atoms with van der Waals surface area (Å²) in [7, 11) is 0. The zero-order valence-electron chi connectivity index (χ0n) is 18.1. The Morgan fingerprint density at radius 1 is 1.18 bits per heavy atom. The van der Waals surface area contributed by atoms with E-state index in [0.717, 1.165) is 11.1 Å². The first-order valence-electron chi connectivity index (χ1n) is 10.5. The second-order valence-electron chi connectivity index (χ2n) is 7.75. The second-order valence-corrected chi connectivity index (χ2v) is 8.65. The zero-order chi connectivity index (χ0) is 23.4. The summed E-state index contributed by atoms with van der Waals surface area (Å²) in [4.78, 5) is 15.9. The van der Waals surface area contributed by atoms with Crippen LogP contribution in [-0.2, 0) is 0 Å². The molecule has 5 heterocycles. The Bertz CT molecular complexity index is 1510. The van der Waals surface area contributed by atoms with Crippen molar-refractivity contribution in [3.63, 3.8) is 0 Å². The van der Waals surface area contributed by atoms with E-state index >= 15 is 0 Å². The number of nitrogens with zero attached hydrogens (tertiary/aromatic N) is 8. The van der Waals surface area contributed by atoms with Crippen LogP contribution in [0.4, 0.5) is 20.3 Å². The number of hydrogen-bond donors (Lipinski definition) is 1. The Labute approximate surface area is 196 Å². The van der Waals surface area contributed by atoms with Crippen LogP contribution in [0.3, 0.4) is 0 Å². The Morgan fingerprint density at radius 2 is 2.06 bits per heavy atom. The van der Waals surface area contributed by atoms with Gasteiger partial charge < -0.3 is 4.90 Å². The van der Waals surface area contributed by atoms with E-state index in [2.05, 4.69) is 25.4 Å². The predicted octanol–water partition coefficient (Wildman–Crippen LogP) is 4.76. The minimum absolute atomic E-state index is 0.301. The molecule has 0 unspecified atom stereocenters. The van der Waals surface area contributed by atoms with Gasteiger partial charge in [0.15, 0.2) is 29.1 Å². The van der Waals surface area contributed by atoms with Gasteiger partial charge in [-0.2, -0.15) is 5.10 Å². The van der Waals surface area contributed by atoms with Crippen molar-refractivity contribution in [3.05, 3.63) is 65.5 Å². The molecule has 0 radical (unpaired) electrons. The maximum Gasteiger partial charge on any atom is 0.165 e. The summed E-state index contributed by atoms with van der Waals surface area (Å²) < 4.78 is 29.9. The standard InChI is InChI=1S/C22H17F2N9S/c1-3-16-20-31-27-10-32(20)18-11(2)28-19(13-9-26-30-17(13)22-25-6-7-34-22)29-21(18)33(16)12-4-5-14(23)15(24)8-12/h4-10,16H,3H2,1-2H3,(H,26,30)/t16-/m0/s1. The number of benzene rings is 1. The molecule has 0 bridgehead atoms. The monoisotopic (exact) mass is 477 g/mol. The van der Waals surface area contributed by atoms with E-state index in [4.69, 9.17) is 9.97 Å². The average Bonchev–Trinajstić information content (AvgIpc) is 3.60. The lowest BCUT2D eigenvalue weighted by Gasteiger charge is -2.37. The molecule has 5 aromatic rings. The molecular weight excluding hydrogens is 460 g/mol. The molecule has 0 saturated carbocycles. The van der Waals surface area contributed by atoms with Crippen LogP contribution in [0.25, 0.3) is 27.8 Å². The van der Waals surface area contributed by atoms with Gasteiger partial charge in [-0.15, -0.1) is 21.5 Å². The minimum atomic E-state index is -0.937. The van der Waals surface area contributed by atoms with Gasteiger partial charge in [0.2, 0.25) is 0 Å². The molecule has 6 rings (SSSR count). The van der Waals surface area contributed by atoms with Crippen LogP contribution in [0.1, 0.15) is 30.9 Å². The highest BCUT2D eigenvalue weighted by Crippen LogP contribution is 2.45. The number of aryl methyl sites for hydroxylation is 1. The highest BCUT2D eigenvalue weighted by atomic mass is 32.1. The summed E-state index contributed by atoms with van der Waals surface area (Å²) in [5.41, 5.74) is 3.21. The van der Waals surface area contributed by atoms with Gasteiger partial charge in [0.05, 0.1) is 23.5 Å².